The SMILES string of the molecule is CCCCC/C=C/CC/C=C/CC/C=C/C(O)C(CO)NC(=O)CC(O)CCCCCCCCCCCCCCCCCCCCCCCCCCCCCCCC. The van der Waals surface area contributed by atoms with Gasteiger partial charge in [0.05, 0.1) is 31.3 Å². The van der Waals surface area contributed by atoms with Crippen molar-refractivity contribution in [2.45, 2.75) is 289 Å². The van der Waals surface area contributed by atoms with Crippen LogP contribution in [0.3, 0.4) is 0 Å². The average Bonchev–Trinajstić information content (AvgIpc) is 3.22. The minimum absolute atomic E-state index is 0.00518. The van der Waals surface area contributed by atoms with Crippen LogP contribution in [0.1, 0.15) is 271 Å². The fraction of sp³-hybridized carbons (Fsp3) is 0.868. The molecule has 0 aromatic carbocycles. The number of carbonyl (C=O) groups is 1. The van der Waals surface area contributed by atoms with Gasteiger partial charge >= 0.3 is 0 Å². The molecule has 0 bridgehead atoms. The van der Waals surface area contributed by atoms with Crippen molar-refractivity contribution in [1.29, 1.82) is 0 Å². The zero-order chi connectivity index (χ0) is 42.3. The smallest absolute Gasteiger partial charge is 0.222 e. The molecule has 0 saturated carbocycles. The second-order valence-electron chi connectivity index (χ2n) is 17.8. The number of carbonyl (C=O) groups excluding carboxylic acids is 1. The summed E-state index contributed by atoms with van der Waals surface area (Å²) in [7, 11) is 0. The van der Waals surface area contributed by atoms with E-state index in [9.17, 15) is 20.1 Å². The van der Waals surface area contributed by atoms with Crippen molar-refractivity contribution in [2.75, 3.05) is 6.61 Å². The number of aliphatic hydroxyl groups is 3. The van der Waals surface area contributed by atoms with Crippen LogP contribution in [0.25, 0.3) is 0 Å². The van der Waals surface area contributed by atoms with Crippen LogP contribution in [-0.2, 0) is 4.79 Å². The van der Waals surface area contributed by atoms with E-state index in [4.69, 9.17) is 0 Å². The van der Waals surface area contributed by atoms with Gasteiger partial charge in [-0.3, -0.25) is 4.79 Å². The molecule has 0 fully saturated rings. The average molecular weight is 816 g/mol. The van der Waals surface area contributed by atoms with E-state index in [1.54, 1.807) is 6.08 Å². The first-order valence-electron chi connectivity index (χ1n) is 25.8. The topological polar surface area (TPSA) is 89.8 Å². The van der Waals surface area contributed by atoms with E-state index in [0.29, 0.717) is 6.42 Å². The summed E-state index contributed by atoms with van der Waals surface area (Å²) in [5, 5.41) is 33.2. The van der Waals surface area contributed by atoms with Gasteiger partial charge in [-0.15, -0.1) is 0 Å². The summed E-state index contributed by atoms with van der Waals surface area (Å²) in [6, 6.07) is -0.765. The van der Waals surface area contributed by atoms with Crippen LogP contribution in [-0.4, -0.2) is 46.1 Å². The first kappa shape index (κ1) is 56.6. The molecule has 342 valence electrons. The summed E-state index contributed by atoms with van der Waals surface area (Å²) in [4.78, 5) is 12.5. The Balaban J connectivity index is 3.52. The Kier molecular flexibility index (Phi) is 47.0. The van der Waals surface area contributed by atoms with Crippen LogP contribution in [0.15, 0.2) is 36.5 Å². The minimum atomic E-state index is -0.957. The van der Waals surface area contributed by atoms with Crippen LogP contribution in [0.4, 0.5) is 0 Å². The van der Waals surface area contributed by atoms with Gasteiger partial charge in [0.15, 0.2) is 0 Å². The van der Waals surface area contributed by atoms with Crippen LogP contribution < -0.4 is 5.32 Å². The quantitative estimate of drug-likeness (QED) is 0.0364. The molecule has 0 aliphatic rings. The lowest BCUT2D eigenvalue weighted by atomic mass is 10.0. The molecule has 5 nitrogen and oxygen atoms in total. The molecule has 3 unspecified atom stereocenters. The van der Waals surface area contributed by atoms with Crippen molar-refractivity contribution in [1.82, 2.24) is 5.32 Å². The largest absolute Gasteiger partial charge is 0.394 e. The van der Waals surface area contributed by atoms with E-state index in [1.807, 2.05) is 6.08 Å². The zero-order valence-corrected chi connectivity index (χ0v) is 38.9. The zero-order valence-electron chi connectivity index (χ0n) is 38.9. The number of allylic oxidation sites excluding steroid dienone is 5. The lowest BCUT2D eigenvalue weighted by molar-refractivity contribution is -0.124. The van der Waals surface area contributed by atoms with Crippen molar-refractivity contribution < 1.29 is 20.1 Å². The van der Waals surface area contributed by atoms with Gasteiger partial charge in [-0.1, -0.05) is 256 Å². The Morgan fingerprint density at radius 2 is 0.741 bits per heavy atom. The van der Waals surface area contributed by atoms with E-state index in [2.05, 4.69) is 43.5 Å². The molecule has 0 aromatic heterocycles. The second kappa shape index (κ2) is 48.2. The van der Waals surface area contributed by atoms with Crippen molar-refractivity contribution in [3.8, 4) is 0 Å². The van der Waals surface area contributed by atoms with Gasteiger partial charge in [-0.2, -0.15) is 0 Å². The Morgan fingerprint density at radius 1 is 0.431 bits per heavy atom. The highest BCUT2D eigenvalue weighted by atomic mass is 16.3. The van der Waals surface area contributed by atoms with E-state index >= 15 is 0 Å². The fourth-order valence-corrected chi connectivity index (χ4v) is 7.96. The van der Waals surface area contributed by atoms with Crippen molar-refractivity contribution in [3.05, 3.63) is 36.5 Å². The van der Waals surface area contributed by atoms with Crippen molar-refractivity contribution in [3.63, 3.8) is 0 Å². The fourth-order valence-electron chi connectivity index (χ4n) is 7.96. The molecule has 0 aliphatic heterocycles. The number of hydrogen-bond acceptors (Lipinski definition) is 4. The highest BCUT2D eigenvalue weighted by molar-refractivity contribution is 5.76. The molecule has 5 heteroatoms. The molecular weight excluding hydrogens is 715 g/mol. The number of amides is 1. The molecule has 0 aromatic rings. The molecule has 4 N–H and O–H groups in total. The Labute approximate surface area is 362 Å². The van der Waals surface area contributed by atoms with Gasteiger partial charge in [0, 0.05) is 0 Å². The molecule has 0 spiro atoms. The summed E-state index contributed by atoms with van der Waals surface area (Å²) in [5.41, 5.74) is 0. The minimum Gasteiger partial charge on any atom is -0.394 e. The third-order valence-electron chi connectivity index (χ3n) is 11.9. The standard InChI is InChI=1S/C53H101NO4/c1-3-5-7-9-11-13-15-17-18-19-20-21-22-23-24-25-26-27-28-29-30-31-32-33-35-36-38-40-42-44-46-50(56)48-53(58)54-51(49-55)52(57)47-45-43-41-39-37-34-16-14-12-10-8-6-4-2/h12,14,37,39,45,47,50-52,55-57H,3-11,13,15-36,38,40-44,46,48-49H2,1-2H3,(H,54,58)/b14-12+,39-37+,47-45+. The molecule has 3 atom stereocenters. The summed E-state index contributed by atoms with van der Waals surface area (Å²) in [6.07, 6.45) is 61.9. The summed E-state index contributed by atoms with van der Waals surface area (Å²) < 4.78 is 0. The van der Waals surface area contributed by atoms with E-state index in [0.717, 1.165) is 38.5 Å². The van der Waals surface area contributed by atoms with Crippen LogP contribution in [0.2, 0.25) is 0 Å². The molecule has 1 amide bonds. The van der Waals surface area contributed by atoms with Gasteiger partial charge in [-0.25, -0.2) is 0 Å². The van der Waals surface area contributed by atoms with Crippen LogP contribution in [0, 0.1) is 0 Å². The maximum atomic E-state index is 12.5. The summed E-state index contributed by atoms with van der Waals surface area (Å²) in [6.45, 7) is 4.18. The number of rotatable bonds is 47. The maximum absolute atomic E-state index is 12.5. The second-order valence-corrected chi connectivity index (χ2v) is 17.8. The van der Waals surface area contributed by atoms with Gasteiger partial charge in [0.25, 0.3) is 0 Å². The Hall–Kier alpha value is -1.43. The first-order chi connectivity index (χ1) is 28.5. The molecule has 0 aliphatic carbocycles. The highest BCUT2D eigenvalue weighted by Crippen LogP contribution is 2.17. The normalized spacial score (nSPS) is 13.7. The first-order valence-corrected chi connectivity index (χ1v) is 25.8. The van der Waals surface area contributed by atoms with Crippen molar-refractivity contribution >= 4 is 5.91 Å². The van der Waals surface area contributed by atoms with E-state index in [1.165, 1.54) is 205 Å². The number of nitrogens with one attached hydrogen (secondary N) is 1. The van der Waals surface area contributed by atoms with Crippen LogP contribution in [0.5, 0.6) is 0 Å². The number of hydrogen-bond donors (Lipinski definition) is 4. The molecular formula is C53H101NO4. The molecule has 0 rings (SSSR count). The molecule has 0 saturated heterocycles. The summed E-state index contributed by atoms with van der Waals surface area (Å²) in [5.74, 6) is -0.327. The van der Waals surface area contributed by atoms with E-state index in [-0.39, 0.29) is 18.9 Å². The Morgan fingerprint density at radius 3 is 1.10 bits per heavy atom. The van der Waals surface area contributed by atoms with Gasteiger partial charge in [-0.05, 0) is 44.9 Å². The number of unbranched alkanes of at least 4 members (excludes halogenated alkanes) is 34. The van der Waals surface area contributed by atoms with Crippen molar-refractivity contribution in [2.24, 2.45) is 0 Å². The summed E-state index contributed by atoms with van der Waals surface area (Å²) >= 11 is 0. The third kappa shape index (κ3) is 44.1. The predicted molar refractivity (Wildman–Crippen MR) is 254 cm³/mol. The predicted octanol–water partition coefficient (Wildman–Crippen LogP) is 15.5. The molecule has 0 heterocycles. The molecule has 58 heavy (non-hydrogen) atoms. The van der Waals surface area contributed by atoms with Gasteiger partial charge in [0.2, 0.25) is 5.91 Å². The lowest BCUT2D eigenvalue weighted by Crippen LogP contribution is -2.45. The van der Waals surface area contributed by atoms with Crippen LogP contribution >= 0.6 is 0 Å². The highest BCUT2D eigenvalue weighted by Gasteiger charge is 2.20. The molecule has 0 radical (unpaired) electrons. The third-order valence-corrected chi connectivity index (χ3v) is 11.9. The van der Waals surface area contributed by atoms with Gasteiger partial charge in [0.1, 0.15) is 0 Å². The van der Waals surface area contributed by atoms with Gasteiger partial charge < -0.3 is 20.6 Å². The Bertz CT molecular complexity index is 901. The maximum Gasteiger partial charge on any atom is 0.222 e. The van der Waals surface area contributed by atoms with E-state index < -0.39 is 18.2 Å². The monoisotopic (exact) mass is 816 g/mol. The number of aliphatic hydroxyl groups excluding tert-OH is 3. The lowest BCUT2D eigenvalue weighted by Gasteiger charge is -2.21.